The molecule has 3 rings (SSSR count). The second-order valence-corrected chi connectivity index (χ2v) is 5.15. The molecular formula is C19H17NO2. The van der Waals surface area contributed by atoms with E-state index in [1.165, 1.54) is 7.05 Å². The first-order valence-electron chi connectivity index (χ1n) is 7.17. The summed E-state index contributed by atoms with van der Waals surface area (Å²) >= 11 is 0. The molecule has 0 atom stereocenters. The van der Waals surface area contributed by atoms with Gasteiger partial charge in [0.2, 0.25) is 0 Å². The average Bonchev–Trinajstić information content (AvgIpc) is 2.54. The molecule has 0 unspecified atom stereocenters. The molecule has 0 amide bonds. The van der Waals surface area contributed by atoms with Crippen LogP contribution in [0.5, 0.6) is 5.75 Å². The monoisotopic (exact) mass is 291 g/mol. The Labute approximate surface area is 129 Å². The van der Waals surface area contributed by atoms with Crippen molar-refractivity contribution in [3.05, 3.63) is 83.1 Å². The molecule has 22 heavy (non-hydrogen) atoms. The number of ether oxygens (including phenoxy) is 1. The lowest BCUT2D eigenvalue weighted by atomic mass is 10.0. The fourth-order valence-corrected chi connectivity index (χ4v) is 2.45. The predicted molar refractivity (Wildman–Crippen MR) is 89.4 cm³/mol. The Morgan fingerprint density at radius 1 is 0.955 bits per heavy atom. The molecule has 0 aliphatic carbocycles. The Hall–Kier alpha value is -2.81. The number of hydrogen-bond donors (Lipinski definition) is 0. The molecule has 0 radical (unpaired) electrons. The average molecular weight is 291 g/mol. The fraction of sp³-hybridized carbons (Fsp3) is 0.105. The Kier molecular flexibility index (Phi) is 4.05. The Morgan fingerprint density at radius 2 is 1.68 bits per heavy atom. The topological polar surface area (TPSA) is 35.3 Å². The minimum absolute atomic E-state index is 0.475. The molecule has 110 valence electrons. The first kappa shape index (κ1) is 14.1. The molecule has 0 aliphatic rings. The minimum Gasteiger partial charge on any atom is -0.624 e. The summed E-state index contributed by atoms with van der Waals surface area (Å²) in [6.45, 7) is 0.475. The molecule has 0 saturated carbocycles. The van der Waals surface area contributed by atoms with Gasteiger partial charge < -0.3 is 9.94 Å². The van der Waals surface area contributed by atoms with Crippen molar-refractivity contribution in [1.82, 2.24) is 0 Å². The fourth-order valence-electron chi connectivity index (χ4n) is 2.45. The van der Waals surface area contributed by atoms with Gasteiger partial charge in [-0.05, 0) is 22.4 Å². The van der Waals surface area contributed by atoms with Crippen LogP contribution in [0, 0.1) is 5.21 Å². The minimum atomic E-state index is 0.475. The zero-order chi connectivity index (χ0) is 15.4. The number of hydrogen-bond acceptors (Lipinski definition) is 2. The van der Waals surface area contributed by atoms with Crippen LogP contribution in [0.1, 0.15) is 11.1 Å². The number of rotatable bonds is 4. The van der Waals surface area contributed by atoms with Crippen molar-refractivity contribution in [2.45, 2.75) is 6.61 Å². The van der Waals surface area contributed by atoms with Crippen LogP contribution in [0.4, 0.5) is 0 Å². The van der Waals surface area contributed by atoms with Crippen LogP contribution in [-0.4, -0.2) is 18.0 Å². The lowest BCUT2D eigenvalue weighted by Crippen LogP contribution is -2.03. The third-order valence-corrected chi connectivity index (χ3v) is 3.48. The van der Waals surface area contributed by atoms with Crippen LogP contribution in [0.3, 0.4) is 0 Å². The van der Waals surface area contributed by atoms with E-state index in [2.05, 4.69) is 0 Å². The molecular weight excluding hydrogens is 274 g/mol. The van der Waals surface area contributed by atoms with E-state index < -0.39 is 0 Å². The van der Waals surface area contributed by atoms with Gasteiger partial charge in [0.05, 0.1) is 5.56 Å². The van der Waals surface area contributed by atoms with Gasteiger partial charge in [-0.15, -0.1) is 0 Å². The standard InChI is InChI=1S/C19H17NO2/c1-20(21)13-18-17-10-6-5-9-16(17)11-12-19(18)22-14-15-7-3-2-4-8-15/h2-13H,14H2,1H3/b20-13-. The van der Waals surface area contributed by atoms with Crippen molar-refractivity contribution in [2.75, 3.05) is 7.05 Å². The summed E-state index contributed by atoms with van der Waals surface area (Å²) in [6, 6.07) is 21.9. The Bertz CT molecular complexity index is 806. The molecule has 3 heteroatoms. The molecule has 3 nitrogen and oxygen atoms in total. The molecule has 0 spiro atoms. The van der Waals surface area contributed by atoms with Gasteiger partial charge in [0.1, 0.15) is 19.4 Å². The second kappa shape index (κ2) is 6.31. The van der Waals surface area contributed by atoms with E-state index in [0.717, 1.165) is 26.6 Å². The van der Waals surface area contributed by atoms with Gasteiger partial charge in [-0.2, -0.15) is 0 Å². The van der Waals surface area contributed by atoms with Crippen LogP contribution in [0.15, 0.2) is 66.7 Å². The van der Waals surface area contributed by atoms with Crippen LogP contribution >= 0.6 is 0 Å². The molecule has 0 bridgehead atoms. The quantitative estimate of drug-likeness (QED) is 0.315. The zero-order valence-electron chi connectivity index (χ0n) is 12.4. The number of benzene rings is 3. The molecule has 0 aromatic heterocycles. The summed E-state index contributed by atoms with van der Waals surface area (Å²) in [4.78, 5) is 0. The Morgan fingerprint density at radius 3 is 2.45 bits per heavy atom. The highest BCUT2D eigenvalue weighted by atomic mass is 16.5. The molecule has 0 fully saturated rings. The van der Waals surface area contributed by atoms with Crippen molar-refractivity contribution < 1.29 is 9.48 Å². The van der Waals surface area contributed by atoms with Gasteiger partial charge in [-0.1, -0.05) is 60.7 Å². The first-order valence-corrected chi connectivity index (χ1v) is 7.17. The zero-order valence-corrected chi connectivity index (χ0v) is 12.4. The van der Waals surface area contributed by atoms with Crippen LogP contribution in [0.2, 0.25) is 0 Å². The smallest absolute Gasteiger partial charge is 0.185 e. The van der Waals surface area contributed by atoms with E-state index in [0.29, 0.717) is 12.4 Å². The first-order chi connectivity index (χ1) is 10.7. The van der Waals surface area contributed by atoms with Gasteiger partial charge in [-0.25, -0.2) is 4.74 Å². The number of nitrogens with zero attached hydrogens (tertiary/aromatic N) is 1. The molecule has 0 saturated heterocycles. The van der Waals surface area contributed by atoms with Crippen LogP contribution in [-0.2, 0) is 6.61 Å². The molecule has 0 N–H and O–H groups in total. The van der Waals surface area contributed by atoms with Gasteiger partial charge in [-0.3, -0.25) is 0 Å². The molecule has 0 heterocycles. The lowest BCUT2D eigenvalue weighted by molar-refractivity contribution is -0.416. The predicted octanol–water partition coefficient (Wildman–Crippen LogP) is 3.98. The maximum absolute atomic E-state index is 11.5. The van der Waals surface area contributed by atoms with Crippen molar-refractivity contribution in [3.63, 3.8) is 0 Å². The number of fused-ring (bicyclic) bond motifs is 1. The highest BCUT2D eigenvalue weighted by Crippen LogP contribution is 2.27. The van der Waals surface area contributed by atoms with Crippen molar-refractivity contribution >= 4 is 17.0 Å². The lowest BCUT2D eigenvalue weighted by Gasteiger charge is -2.11. The summed E-state index contributed by atoms with van der Waals surface area (Å²) < 4.78 is 6.74. The van der Waals surface area contributed by atoms with E-state index in [9.17, 15) is 5.21 Å². The molecule has 3 aromatic carbocycles. The van der Waals surface area contributed by atoms with E-state index >= 15 is 0 Å². The van der Waals surface area contributed by atoms with Gasteiger partial charge in [0.25, 0.3) is 0 Å². The number of hydroxylamine groups is 1. The van der Waals surface area contributed by atoms with Gasteiger partial charge in [0.15, 0.2) is 6.21 Å². The maximum atomic E-state index is 11.5. The SMILES string of the molecule is C/[N+]([O-])=C/c1c(OCc2ccccc2)ccc2ccccc12. The van der Waals surface area contributed by atoms with E-state index in [1.54, 1.807) is 6.21 Å². The van der Waals surface area contributed by atoms with E-state index in [4.69, 9.17) is 4.74 Å². The highest BCUT2D eigenvalue weighted by Gasteiger charge is 2.10. The van der Waals surface area contributed by atoms with Gasteiger partial charge in [0, 0.05) is 0 Å². The van der Waals surface area contributed by atoms with Crippen LogP contribution in [0.25, 0.3) is 10.8 Å². The van der Waals surface area contributed by atoms with Crippen molar-refractivity contribution in [3.8, 4) is 5.75 Å². The van der Waals surface area contributed by atoms with E-state index in [1.807, 2.05) is 66.7 Å². The van der Waals surface area contributed by atoms with Gasteiger partial charge >= 0.3 is 0 Å². The summed E-state index contributed by atoms with van der Waals surface area (Å²) in [6.07, 6.45) is 1.56. The largest absolute Gasteiger partial charge is 0.624 e. The summed E-state index contributed by atoms with van der Waals surface area (Å²) in [7, 11) is 1.47. The second-order valence-electron chi connectivity index (χ2n) is 5.15. The Balaban J connectivity index is 1.99. The molecule has 0 aliphatic heterocycles. The van der Waals surface area contributed by atoms with Crippen molar-refractivity contribution in [1.29, 1.82) is 0 Å². The highest BCUT2D eigenvalue weighted by molar-refractivity contribution is 6.01. The maximum Gasteiger partial charge on any atom is 0.185 e. The summed E-state index contributed by atoms with van der Waals surface area (Å²) in [5.41, 5.74) is 1.91. The van der Waals surface area contributed by atoms with Crippen LogP contribution < -0.4 is 4.74 Å². The molecule has 3 aromatic rings. The van der Waals surface area contributed by atoms with E-state index in [-0.39, 0.29) is 0 Å². The third kappa shape index (κ3) is 3.09. The summed E-state index contributed by atoms with van der Waals surface area (Å²) in [5, 5.41) is 13.6. The summed E-state index contributed by atoms with van der Waals surface area (Å²) in [5.74, 6) is 0.713. The normalized spacial score (nSPS) is 11.6. The third-order valence-electron chi connectivity index (χ3n) is 3.48. The van der Waals surface area contributed by atoms with Crippen molar-refractivity contribution in [2.24, 2.45) is 0 Å².